The Morgan fingerprint density at radius 1 is 0.958 bits per heavy atom. The van der Waals surface area contributed by atoms with Crippen LogP contribution >= 0.6 is 0 Å². The van der Waals surface area contributed by atoms with Crippen molar-refractivity contribution >= 4 is 17.6 Å². The Kier molecular flexibility index (Phi) is 4.86. The van der Waals surface area contributed by atoms with Gasteiger partial charge in [0.1, 0.15) is 12.4 Å². The van der Waals surface area contributed by atoms with Crippen LogP contribution in [-0.4, -0.2) is 15.0 Å². The van der Waals surface area contributed by atoms with Gasteiger partial charge in [-0.3, -0.25) is 0 Å². The van der Waals surface area contributed by atoms with Crippen molar-refractivity contribution in [3.8, 4) is 5.75 Å². The van der Waals surface area contributed by atoms with Crippen LogP contribution in [0.2, 0.25) is 0 Å². The van der Waals surface area contributed by atoms with Gasteiger partial charge < -0.3 is 15.8 Å². The summed E-state index contributed by atoms with van der Waals surface area (Å²) in [6, 6.07) is 17.5. The number of ether oxygens (including phenoxy) is 1. The molecule has 0 aliphatic rings. The molecule has 0 bridgehead atoms. The molecule has 0 aliphatic carbocycles. The zero-order valence-corrected chi connectivity index (χ0v) is 13.4. The molecule has 3 N–H and O–H groups in total. The standard InChI is InChI=1S/C18H19N5O/c1-2-13-8-6-7-11-15(13)20-18-22-16(21-17(19)23-18)12-24-14-9-4-3-5-10-14/h3-11H,2,12H2,1H3,(H3,19,20,21,22,23). The van der Waals surface area contributed by atoms with E-state index in [0.29, 0.717) is 11.8 Å². The highest BCUT2D eigenvalue weighted by atomic mass is 16.5. The maximum Gasteiger partial charge on any atom is 0.232 e. The van der Waals surface area contributed by atoms with Crippen molar-refractivity contribution in [2.24, 2.45) is 0 Å². The number of rotatable bonds is 6. The lowest BCUT2D eigenvalue weighted by molar-refractivity contribution is 0.296. The summed E-state index contributed by atoms with van der Waals surface area (Å²) < 4.78 is 5.66. The highest BCUT2D eigenvalue weighted by Gasteiger charge is 2.07. The Labute approximate surface area is 140 Å². The summed E-state index contributed by atoms with van der Waals surface area (Å²) in [6.07, 6.45) is 0.910. The van der Waals surface area contributed by atoms with Crippen molar-refractivity contribution in [1.82, 2.24) is 15.0 Å². The number of anilines is 3. The molecule has 0 unspecified atom stereocenters. The number of nitrogen functional groups attached to an aromatic ring is 1. The van der Waals surface area contributed by atoms with Crippen LogP contribution in [0, 0.1) is 0 Å². The van der Waals surface area contributed by atoms with E-state index in [2.05, 4.69) is 33.3 Å². The summed E-state index contributed by atoms with van der Waals surface area (Å²) >= 11 is 0. The first-order chi connectivity index (χ1) is 11.7. The fourth-order valence-electron chi connectivity index (χ4n) is 2.29. The van der Waals surface area contributed by atoms with Crippen LogP contribution in [0.4, 0.5) is 17.6 Å². The number of aromatic nitrogens is 3. The van der Waals surface area contributed by atoms with Gasteiger partial charge in [0.05, 0.1) is 0 Å². The predicted molar refractivity (Wildman–Crippen MR) is 94.1 cm³/mol. The second kappa shape index (κ2) is 7.41. The molecule has 1 heterocycles. The lowest BCUT2D eigenvalue weighted by Gasteiger charge is -2.11. The van der Waals surface area contributed by atoms with Gasteiger partial charge in [-0.15, -0.1) is 0 Å². The molecule has 6 nitrogen and oxygen atoms in total. The molecule has 0 aliphatic heterocycles. The van der Waals surface area contributed by atoms with E-state index in [1.54, 1.807) is 0 Å². The first-order valence-electron chi connectivity index (χ1n) is 7.78. The van der Waals surface area contributed by atoms with Gasteiger partial charge in [0.15, 0.2) is 5.82 Å². The predicted octanol–water partition coefficient (Wildman–Crippen LogP) is 3.34. The monoisotopic (exact) mass is 321 g/mol. The minimum absolute atomic E-state index is 0.160. The molecular formula is C18H19N5O. The number of nitrogens with one attached hydrogen (secondary N) is 1. The third-order valence-electron chi connectivity index (χ3n) is 3.45. The topological polar surface area (TPSA) is 86.0 Å². The van der Waals surface area contributed by atoms with Crippen LogP contribution < -0.4 is 15.8 Å². The van der Waals surface area contributed by atoms with E-state index in [4.69, 9.17) is 10.5 Å². The van der Waals surface area contributed by atoms with E-state index in [0.717, 1.165) is 17.9 Å². The number of hydrogen-bond donors (Lipinski definition) is 2. The Hall–Kier alpha value is -3.15. The van der Waals surface area contributed by atoms with Crippen molar-refractivity contribution in [1.29, 1.82) is 0 Å². The van der Waals surface area contributed by atoms with Gasteiger partial charge in [-0.25, -0.2) is 0 Å². The Morgan fingerprint density at radius 3 is 2.50 bits per heavy atom. The smallest absolute Gasteiger partial charge is 0.232 e. The van der Waals surface area contributed by atoms with E-state index >= 15 is 0 Å². The van der Waals surface area contributed by atoms with Crippen LogP contribution in [0.5, 0.6) is 5.75 Å². The molecule has 24 heavy (non-hydrogen) atoms. The number of para-hydroxylation sites is 2. The average Bonchev–Trinajstić information content (AvgIpc) is 2.61. The number of benzene rings is 2. The van der Waals surface area contributed by atoms with Gasteiger partial charge in [0, 0.05) is 5.69 Å². The van der Waals surface area contributed by atoms with Crippen LogP contribution in [-0.2, 0) is 13.0 Å². The summed E-state index contributed by atoms with van der Waals surface area (Å²) in [7, 11) is 0. The third-order valence-corrected chi connectivity index (χ3v) is 3.45. The highest BCUT2D eigenvalue weighted by Crippen LogP contribution is 2.19. The fraction of sp³-hybridized carbons (Fsp3) is 0.167. The summed E-state index contributed by atoms with van der Waals surface area (Å²) in [5.74, 6) is 1.80. The van der Waals surface area contributed by atoms with Gasteiger partial charge in [-0.2, -0.15) is 15.0 Å². The normalized spacial score (nSPS) is 10.4. The van der Waals surface area contributed by atoms with Crippen LogP contribution in [0.3, 0.4) is 0 Å². The maximum absolute atomic E-state index is 5.79. The van der Waals surface area contributed by atoms with Crippen molar-refractivity contribution in [3.63, 3.8) is 0 Å². The molecule has 1 aromatic heterocycles. The number of nitrogens with two attached hydrogens (primary N) is 1. The minimum Gasteiger partial charge on any atom is -0.486 e. The minimum atomic E-state index is 0.160. The van der Waals surface area contributed by atoms with Gasteiger partial charge in [0.25, 0.3) is 0 Å². The molecule has 0 saturated heterocycles. The lowest BCUT2D eigenvalue weighted by atomic mass is 10.1. The Morgan fingerprint density at radius 2 is 1.71 bits per heavy atom. The third kappa shape index (κ3) is 3.98. The molecule has 0 atom stereocenters. The van der Waals surface area contributed by atoms with Crippen molar-refractivity contribution in [2.45, 2.75) is 20.0 Å². The first-order valence-corrected chi connectivity index (χ1v) is 7.78. The summed E-state index contributed by atoms with van der Waals surface area (Å²) in [5.41, 5.74) is 7.93. The molecule has 3 rings (SSSR count). The zero-order valence-electron chi connectivity index (χ0n) is 13.4. The van der Waals surface area contributed by atoms with Gasteiger partial charge >= 0.3 is 0 Å². The van der Waals surface area contributed by atoms with E-state index < -0.39 is 0 Å². The first kappa shape index (κ1) is 15.7. The molecule has 2 aromatic carbocycles. The Balaban J connectivity index is 1.76. The van der Waals surface area contributed by atoms with Crippen molar-refractivity contribution in [2.75, 3.05) is 11.1 Å². The van der Waals surface area contributed by atoms with Crippen LogP contribution in [0.15, 0.2) is 54.6 Å². The number of nitrogens with zero attached hydrogens (tertiary/aromatic N) is 3. The van der Waals surface area contributed by atoms with Crippen LogP contribution in [0.25, 0.3) is 0 Å². The molecular weight excluding hydrogens is 302 g/mol. The number of hydrogen-bond acceptors (Lipinski definition) is 6. The average molecular weight is 321 g/mol. The molecule has 6 heteroatoms. The molecule has 0 amide bonds. The number of aryl methyl sites for hydroxylation is 1. The maximum atomic E-state index is 5.79. The van der Waals surface area contributed by atoms with E-state index in [9.17, 15) is 0 Å². The summed E-state index contributed by atoms with van der Waals surface area (Å²) in [5, 5.41) is 3.21. The zero-order chi connectivity index (χ0) is 16.8. The lowest BCUT2D eigenvalue weighted by Crippen LogP contribution is -2.10. The SMILES string of the molecule is CCc1ccccc1Nc1nc(N)nc(COc2ccccc2)n1. The molecule has 0 spiro atoms. The summed E-state index contributed by atoms with van der Waals surface area (Å²) in [6.45, 7) is 2.32. The fourth-order valence-corrected chi connectivity index (χ4v) is 2.29. The second-order valence-electron chi connectivity index (χ2n) is 5.17. The molecule has 0 saturated carbocycles. The molecule has 0 radical (unpaired) electrons. The van der Waals surface area contributed by atoms with Gasteiger partial charge in [-0.05, 0) is 30.2 Å². The van der Waals surface area contributed by atoms with Gasteiger partial charge in [0.2, 0.25) is 11.9 Å². The largest absolute Gasteiger partial charge is 0.486 e. The molecule has 3 aromatic rings. The van der Waals surface area contributed by atoms with Crippen LogP contribution in [0.1, 0.15) is 18.3 Å². The summed E-state index contributed by atoms with van der Waals surface area (Å²) in [4.78, 5) is 12.7. The van der Waals surface area contributed by atoms with E-state index in [1.807, 2.05) is 48.5 Å². The second-order valence-corrected chi connectivity index (χ2v) is 5.17. The highest BCUT2D eigenvalue weighted by molar-refractivity contribution is 5.58. The molecule has 122 valence electrons. The van der Waals surface area contributed by atoms with Crippen molar-refractivity contribution in [3.05, 3.63) is 66.0 Å². The van der Waals surface area contributed by atoms with Crippen molar-refractivity contribution < 1.29 is 4.74 Å². The van der Waals surface area contributed by atoms with Gasteiger partial charge in [-0.1, -0.05) is 43.3 Å². The quantitative estimate of drug-likeness (QED) is 0.724. The Bertz CT molecular complexity index is 808. The van der Waals surface area contributed by atoms with E-state index in [1.165, 1.54) is 5.56 Å². The molecule has 0 fully saturated rings. The van der Waals surface area contributed by atoms with E-state index in [-0.39, 0.29) is 12.6 Å².